The molecule has 0 aliphatic carbocycles. The van der Waals surface area contributed by atoms with E-state index >= 15 is 0 Å². The Morgan fingerprint density at radius 1 is 1.14 bits per heavy atom. The monoisotopic (exact) mass is 478 g/mol. The summed E-state index contributed by atoms with van der Waals surface area (Å²) in [5.41, 5.74) is 1.81. The third-order valence-corrected chi connectivity index (χ3v) is 5.96. The van der Waals surface area contributed by atoms with Crippen molar-refractivity contribution in [2.45, 2.75) is 0 Å². The van der Waals surface area contributed by atoms with Gasteiger partial charge in [0.25, 0.3) is 0 Å². The third-order valence-electron chi connectivity index (χ3n) is 4.67. The first kappa shape index (κ1) is 20.1. The molecule has 152 valence electrons. The first-order valence-electron chi connectivity index (χ1n) is 9.21. The van der Waals surface area contributed by atoms with Gasteiger partial charge < -0.3 is 15.3 Å². The molecule has 0 saturated carbocycles. The van der Waals surface area contributed by atoms with E-state index in [1.807, 2.05) is 34.5 Å². The van der Waals surface area contributed by atoms with Crippen LogP contribution in [-0.4, -0.2) is 64.3 Å². The van der Waals surface area contributed by atoms with Crippen molar-refractivity contribution in [3.05, 3.63) is 46.1 Å². The van der Waals surface area contributed by atoms with Gasteiger partial charge in [0.2, 0.25) is 5.95 Å². The largest absolute Gasteiger partial charge is 0.395 e. The number of halogens is 2. The van der Waals surface area contributed by atoms with Crippen molar-refractivity contribution in [2.75, 3.05) is 49.5 Å². The van der Waals surface area contributed by atoms with E-state index in [0.717, 1.165) is 41.9 Å². The number of aliphatic hydroxyl groups is 1. The summed E-state index contributed by atoms with van der Waals surface area (Å²) in [4.78, 5) is 17.3. The molecule has 0 atom stereocenters. The number of β-amino-alcohol motifs (C(OH)–C–C–N with tert-alkyl or cyclic N) is 1. The molecule has 0 amide bonds. The van der Waals surface area contributed by atoms with Crippen molar-refractivity contribution in [1.82, 2.24) is 19.9 Å². The predicted octanol–water partition coefficient (Wildman–Crippen LogP) is 3.36. The average Bonchev–Trinajstić information content (AvgIpc) is 3.20. The fourth-order valence-electron chi connectivity index (χ4n) is 3.10. The second kappa shape index (κ2) is 9.12. The molecule has 1 aliphatic heterocycles. The Morgan fingerprint density at radius 2 is 1.90 bits per heavy atom. The van der Waals surface area contributed by atoms with E-state index in [-0.39, 0.29) is 12.4 Å². The zero-order chi connectivity index (χ0) is 20.2. The Bertz CT molecular complexity index is 962. The van der Waals surface area contributed by atoms with Gasteiger partial charge in [0.05, 0.1) is 18.5 Å². The highest BCUT2D eigenvalue weighted by atomic mass is 79.9. The lowest BCUT2D eigenvalue weighted by molar-refractivity contribution is 0.188. The normalized spacial score (nSPS) is 14.9. The topological polar surface area (TPSA) is 77.4 Å². The zero-order valence-corrected chi connectivity index (χ0v) is 18.0. The number of hydrogen-bond donors (Lipinski definition) is 2. The van der Waals surface area contributed by atoms with Crippen LogP contribution in [0.4, 0.5) is 21.3 Å². The van der Waals surface area contributed by atoms with Crippen LogP contribution in [0.5, 0.6) is 0 Å². The van der Waals surface area contributed by atoms with Crippen molar-refractivity contribution in [1.29, 1.82) is 0 Å². The van der Waals surface area contributed by atoms with Gasteiger partial charge in [0.1, 0.15) is 0 Å². The molecule has 3 heterocycles. The predicted molar refractivity (Wildman–Crippen MR) is 116 cm³/mol. The fourth-order valence-corrected chi connectivity index (χ4v) is 4.08. The molecule has 1 aromatic carbocycles. The van der Waals surface area contributed by atoms with Crippen LogP contribution in [0.2, 0.25) is 0 Å². The van der Waals surface area contributed by atoms with E-state index in [1.165, 1.54) is 17.5 Å². The summed E-state index contributed by atoms with van der Waals surface area (Å²) in [6.07, 6.45) is 1.19. The lowest BCUT2D eigenvalue weighted by atomic mass is 10.2. The Labute approximate surface area is 180 Å². The molecule has 29 heavy (non-hydrogen) atoms. The maximum Gasteiger partial charge on any atom is 0.227 e. The molecule has 1 saturated heterocycles. The fraction of sp³-hybridized carbons (Fsp3) is 0.316. The number of nitrogens with one attached hydrogen (secondary N) is 1. The van der Waals surface area contributed by atoms with Gasteiger partial charge in [0.15, 0.2) is 16.8 Å². The summed E-state index contributed by atoms with van der Waals surface area (Å²) in [5.74, 6) is 0.0831. The van der Waals surface area contributed by atoms with Crippen LogP contribution in [0.25, 0.3) is 11.3 Å². The molecule has 3 aromatic rings. The summed E-state index contributed by atoms with van der Waals surface area (Å²) in [7, 11) is 0. The quantitative estimate of drug-likeness (QED) is 0.562. The van der Waals surface area contributed by atoms with E-state index in [9.17, 15) is 4.39 Å². The van der Waals surface area contributed by atoms with E-state index in [0.29, 0.717) is 17.6 Å². The van der Waals surface area contributed by atoms with Crippen LogP contribution in [0.15, 0.2) is 40.3 Å². The molecule has 0 radical (unpaired) electrons. The highest BCUT2D eigenvalue weighted by Crippen LogP contribution is 2.28. The maximum absolute atomic E-state index is 14.3. The summed E-state index contributed by atoms with van der Waals surface area (Å²) in [6.45, 7) is 3.90. The number of anilines is 3. The van der Waals surface area contributed by atoms with Gasteiger partial charge in [0, 0.05) is 48.1 Å². The molecule has 7 nitrogen and oxygen atoms in total. The summed E-state index contributed by atoms with van der Waals surface area (Å²) in [5, 5.41) is 14.5. The number of aliphatic hydroxyl groups excluding tert-OH is 1. The summed E-state index contributed by atoms with van der Waals surface area (Å²) >= 11 is 4.82. The van der Waals surface area contributed by atoms with Crippen molar-refractivity contribution < 1.29 is 9.50 Å². The van der Waals surface area contributed by atoms with Gasteiger partial charge in [-0.2, -0.15) is 4.98 Å². The van der Waals surface area contributed by atoms with Crippen molar-refractivity contribution in [3.63, 3.8) is 0 Å². The maximum atomic E-state index is 14.3. The minimum atomic E-state index is -0.520. The Kier molecular flexibility index (Phi) is 6.34. The minimum absolute atomic E-state index is 0.115. The summed E-state index contributed by atoms with van der Waals surface area (Å²) in [6, 6.07) is 7.86. The smallest absolute Gasteiger partial charge is 0.227 e. The number of hydrogen-bond acceptors (Lipinski definition) is 8. The molecule has 0 spiro atoms. The van der Waals surface area contributed by atoms with Crippen LogP contribution >= 0.6 is 27.3 Å². The van der Waals surface area contributed by atoms with Crippen molar-refractivity contribution >= 4 is 44.2 Å². The van der Waals surface area contributed by atoms with Gasteiger partial charge >= 0.3 is 0 Å². The highest BCUT2D eigenvalue weighted by molar-refractivity contribution is 9.10. The molecule has 0 bridgehead atoms. The van der Waals surface area contributed by atoms with Gasteiger partial charge in [-0.3, -0.25) is 4.90 Å². The van der Waals surface area contributed by atoms with E-state index in [1.54, 1.807) is 0 Å². The number of benzene rings is 1. The average molecular weight is 479 g/mol. The second-order valence-electron chi connectivity index (χ2n) is 6.59. The van der Waals surface area contributed by atoms with E-state index in [4.69, 9.17) is 5.11 Å². The van der Waals surface area contributed by atoms with Crippen LogP contribution < -0.4 is 10.2 Å². The summed E-state index contributed by atoms with van der Waals surface area (Å²) < 4.78 is 15.3. The van der Waals surface area contributed by atoms with E-state index in [2.05, 4.69) is 41.1 Å². The number of rotatable bonds is 6. The molecule has 4 rings (SSSR count). The van der Waals surface area contributed by atoms with Crippen LogP contribution in [0, 0.1) is 5.82 Å². The number of piperazine rings is 1. The highest BCUT2D eigenvalue weighted by Gasteiger charge is 2.20. The molecule has 1 fully saturated rings. The number of thiazole rings is 1. The molecule has 10 heteroatoms. The number of aromatic nitrogens is 3. The molecular formula is C19H20BrFN6OS. The molecular weight excluding hydrogens is 459 g/mol. The Morgan fingerprint density at radius 3 is 2.62 bits per heavy atom. The lowest BCUT2D eigenvalue weighted by Crippen LogP contribution is -2.47. The van der Waals surface area contributed by atoms with Gasteiger partial charge in [-0.25, -0.2) is 14.4 Å². The van der Waals surface area contributed by atoms with Gasteiger partial charge in [-0.05, 0) is 12.1 Å². The second-order valence-corrected chi connectivity index (χ2v) is 8.36. The molecule has 2 aromatic heterocycles. The zero-order valence-electron chi connectivity index (χ0n) is 15.6. The molecule has 2 N–H and O–H groups in total. The van der Waals surface area contributed by atoms with Crippen LogP contribution in [0.1, 0.15) is 0 Å². The molecule has 1 aliphatic rings. The van der Waals surface area contributed by atoms with Gasteiger partial charge in [-0.15, -0.1) is 11.3 Å². The minimum Gasteiger partial charge on any atom is -0.395 e. The van der Waals surface area contributed by atoms with Crippen molar-refractivity contribution in [3.8, 4) is 11.3 Å². The Balaban J connectivity index is 1.47. The van der Waals surface area contributed by atoms with Crippen LogP contribution in [-0.2, 0) is 0 Å². The van der Waals surface area contributed by atoms with Crippen molar-refractivity contribution in [2.24, 2.45) is 0 Å². The number of nitrogens with zero attached hydrogens (tertiary/aromatic N) is 5. The molecule has 0 unspecified atom stereocenters. The first-order chi connectivity index (χ1) is 14.1. The lowest BCUT2D eigenvalue weighted by Gasteiger charge is -2.34. The Hall–Kier alpha value is -2.14. The van der Waals surface area contributed by atoms with Crippen LogP contribution in [0.3, 0.4) is 0 Å². The third kappa shape index (κ3) is 4.89. The standard InChI is InChI=1S/C19H20BrFN6OS/c20-14-3-1-13(2-4-14)16-12-29-19(23-16)25-17-15(21)11-22-18(24-17)27-7-5-26(6-8-27)9-10-28/h1-4,11-12,28H,5-10H2,(H,22,23,24,25). The first-order valence-corrected chi connectivity index (χ1v) is 10.9. The SMILES string of the molecule is OCCN1CCN(c2ncc(F)c(Nc3nc(-c4ccc(Br)cc4)cs3)n2)CC1. The van der Waals surface area contributed by atoms with E-state index < -0.39 is 5.82 Å². The van der Waals surface area contributed by atoms with Gasteiger partial charge in [-0.1, -0.05) is 28.1 Å².